The lowest BCUT2D eigenvalue weighted by atomic mass is 10.1. The van der Waals surface area contributed by atoms with Crippen molar-refractivity contribution < 1.29 is 4.79 Å². The Hall–Kier alpha value is -1.49. The quantitative estimate of drug-likeness (QED) is 0.438. The van der Waals surface area contributed by atoms with Gasteiger partial charge in [0, 0.05) is 31.5 Å². The van der Waals surface area contributed by atoms with Crippen LogP contribution < -0.4 is 4.90 Å². The first kappa shape index (κ1) is 17.9. The summed E-state index contributed by atoms with van der Waals surface area (Å²) in [6.45, 7) is 2.11. The van der Waals surface area contributed by atoms with E-state index in [0.717, 1.165) is 32.2 Å². The highest BCUT2D eigenvalue weighted by Gasteiger charge is 2.30. The average Bonchev–Trinajstić information content (AvgIpc) is 2.97. The third-order valence-electron chi connectivity index (χ3n) is 4.73. The minimum Gasteiger partial charge on any atom is -0.308 e. The molecule has 0 fully saturated rings. The number of anilines is 1. The fraction of sp³-hybridized carbons (Fsp3) is 0.190. The van der Waals surface area contributed by atoms with Crippen molar-refractivity contribution in [2.75, 3.05) is 10.7 Å². The molecular weight excluding hydrogens is 430 g/mol. The van der Waals surface area contributed by atoms with E-state index in [9.17, 15) is 4.79 Å². The van der Waals surface area contributed by atoms with Gasteiger partial charge in [0.1, 0.15) is 0 Å². The zero-order valence-electron chi connectivity index (χ0n) is 14.2. The Morgan fingerprint density at radius 2 is 2.00 bits per heavy atom. The zero-order valence-corrected chi connectivity index (χ0v) is 17.4. The second kappa shape index (κ2) is 7.26. The number of rotatable bonds is 3. The van der Waals surface area contributed by atoms with Crippen molar-refractivity contribution in [2.24, 2.45) is 0 Å². The molecule has 3 aromatic carbocycles. The van der Waals surface area contributed by atoms with Gasteiger partial charge in [0.2, 0.25) is 5.91 Å². The Kier molecular flexibility index (Phi) is 5.00. The molecule has 0 spiro atoms. The Balaban J connectivity index is 1.60. The summed E-state index contributed by atoms with van der Waals surface area (Å²) in [6, 6.07) is 18.3. The van der Waals surface area contributed by atoms with E-state index in [1.54, 1.807) is 11.8 Å². The van der Waals surface area contributed by atoms with E-state index in [4.69, 9.17) is 11.6 Å². The molecule has 0 bridgehead atoms. The molecule has 0 N–H and O–H groups in total. The number of hydrogen-bond acceptors (Lipinski definition) is 2. The van der Waals surface area contributed by atoms with E-state index in [1.165, 1.54) is 5.56 Å². The third-order valence-corrected chi connectivity index (χ3v) is 6.77. The minimum absolute atomic E-state index is 0.135. The molecule has 2 nitrogen and oxygen atoms in total. The maximum absolute atomic E-state index is 12.9. The van der Waals surface area contributed by atoms with Crippen LogP contribution in [0.5, 0.6) is 0 Å². The van der Waals surface area contributed by atoms with Gasteiger partial charge in [-0.25, -0.2) is 0 Å². The highest BCUT2D eigenvalue weighted by molar-refractivity contribution is 9.10. The molecule has 132 valence electrons. The van der Waals surface area contributed by atoms with Gasteiger partial charge >= 0.3 is 0 Å². The van der Waals surface area contributed by atoms with Gasteiger partial charge in [-0.15, -0.1) is 11.8 Å². The summed E-state index contributed by atoms with van der Waals surface area (Å²) >= 11 is 11.6. The van der Waals surface area contributed by atoms with Gasteiger partial charge in [-0.1, -0.05) is 57.9 Å². The van der Waals surface area contributed by atoms with E-state index in [1.807, 2.05) is 53.4 Å². The van der Waals surface area contributed by atoms with E-state index in [-0.39, 0.29) is 11.9 Å². The van der Waals surface area contributed by atoms with Gasteiger partial charge in [-0.05, 0) is 48.6 Å². The molecule has 26 heavy (non-hydrogen) atoms. The number of fused-ring (bicyclic) bond motifs is 2. The van der Waals surface area contributed by atoms with Crippen LogP contribution in [0.25, 0.3) is 10.8 Å². The van der Waals surface area contributed by atoms with E-state index in [0.29, 0.717) is 10.8 Å². The number of hydrogen-bond donors (Lipinski definition) is 0. The number of nitrogens with zero attached hydrogens (tertiary/aromatic N) is 1. The second-order valence-corrected chi connectivity index (χ2v) is 8.72. The molecule has 1 atom stereocenters. The fourth-order valence-electron chi connectivity index (χ4n) is 3.57. The number of carbonyl (C=O) groups is 1. The average molecular weight is 447 g/mol. The van der Waals surface area contributed by atoms with Crippen molar-refractivity contribution in [2.45, 2.75) is 24.3 Å². The first-order valence-corrected chi connectivity index (χ1v) is 10.6. The lowest BCUT2D eigenvalue weighted by molar-refractivity contribution is -0.116. The predicted molar refractivity (Wildman–Crippen MR) is 114 cm³/mol. The maximum atomic E-state index is 12.9. The van der Waals surface area contributed by atoms with Gasteiger partial charge in [-0.2, -0.15) is 0 Å². The number of para-hydroxylation sites is 1. The summed E-state index contributed by atoms with van der Waals surface area (Å²) < 4.78 is 1.01. The van der Waals surface area contributed by atoms with Crippen molar-refractivity contribution in [1.29, 1.82) is 0 Å². The Labute approximate surface area is 170 Å². The molecule has 4 rings (SSSR count). The number of amides is 1. The topological polar surface area (TPSA) is 20.3 Å². The molecule has 5 heteroatoms. The molecule has 1 aliphatic heterocycles. The molecule has 1 heterocycles. The summed E-state index contributed by atoms with van der Waals surface area (Å²) in [5.41, 5.74) is 2.29. The highest BCUT2D eigenvalue weighted by atomic mass is 79.9. The highest BCUT2D eigenvalue weighted by Crippen LogP contribution is 2.38. The van der Waals surface area contributed by atoms with Gasteiger partial charge < -0.3 is 4.90 Å². The van der Waals surface area contributed by atoms with E-state index in [2.05, 4.69) is 28.9 Å². The van der Waals surface area contributed by atoms with Crippen molar-refractivity contribution in [3.05, 3.63) is 69.7 Å². The lowest BCUT2D eigenvalue weighted by Crippen LogP contribution is -2.36. The number of carbonyl (C=O) groups excluding carboxylic acids is 1. The van der Waals surface area contributed by atoms with Crippen molar-refractivity contribution in [3.63, 3.8) is 0 Å². The summed E-state index contributed by atoms with van der Waals surface area (Å²) in [4.78, 5) is 15.9. The maximum Gasteiger partial charge on any atom is 0.237 e. The first-order valence-electron chi connectivity index (χ1n) is 8.46. The van der Waals surface area contributed by atoms with Crippen LogP contribution in [0.4, 0.5) is 5.69 Å². The molecule has 0 saturated heterocycles. The summed E-state index contributed by atoms with van der Waals surface area (Å²) in [5, 5.41) is 2.77. The number of benzene rings is 3. The smallest absolute Gasteiger partial charge is 0.237 e. The van der Waals surface area contributed by atoms with Crippen LogP contribution in [0.1, 0.15) is 12.5 Å². The Morgan fingerprint density at radius 3 is 2.85 bits per heavy atom. The van der Waals surface area contributed by atoms with Crippen LogP contribution in [-0.2, 0) is 11.2 Å². The molecule has 1 unspecified atom stereocenters. The van der Waals surface area contributed by atoms with Crippen molar-refractivity contribution >= 4 is 61.7 Å². The predicted octanol–water partition coefficient (Wildman–Crippen LogP) is 6.33. The normalized spacial score (nSPS) is 16.1. The molecule has 1 amide bonds. The van der Waals surface area contributed by atoms with Crippen molar-refractivity contribution in [1.82, 2.24) is 0 Å². The van der Waals surface area contributed by atoms with E-state index < -0.39 is 0 Å². The summed E-state index contributed by atoms with van der Waals surface area (Å²) in [5.74, 6) is 0.524. The van der Waals surface area contributed by atoms with Crippen LogP contribution in [0.15, 0.2) is 64.0 Å². The van der Waals surface area contributed by atoms with Gasteiger partial charge in [-0.3, -0.25) is 4.79 Å². The first-order chi connectivity index (χ1) is 12.6. The third kappa shape index (κ3) is 3.15. The van der Waals surface area contributed by atoms with Crippen LogP contribution >= 0.6 is 39.3 Å². The minimum atomic E-state index is 0.135. The van der Waals surface area contributed by atoms with Crippen LogP contribution in [0, 0.1) is 0 Å². The second-order valence-electron chi connectivity index (χ2n) is 6.44. The zero-order chi connectivity index (χ0) is 18.3. The lowest BCUT2D eigenvalue weighted by Gasteiger charge is -2.22. The van der Waals surface area contributed by atoms with Crippen LogP contribution in [0.2, 0.25) is 5.02 Å². The Bertz CT molecular complexity index is 1010. The fourth-order valence-corrected chi connectivity index (χ4v) is 5.31. The molecule has 0 saturated carbocycles. The number of halogens is 2. The standard InChI is InChI=1S/C21H17BrClNOS/c1-13-11-14-5-2-3-8-18(14)24(13)20(25)12-26-19-10-9-16(22)15-6-4-7-17(23)21(15)19/h2-10,13H,11-12H2,1H3. The summed E-state index contributed by atoms with van der Waals surface area (Å²) in [7, 11) is 0. The molecular formula is C21H17BrClNOS. The number of thioether (sulfide) groups is 1. The van der Waals surface area contributed by atoms with Crippen molar-refractivity contribution in [3.8, 4) is 0 Å². The van der Waals surface area contributed by atoms with Crippen LogP contribution in [-0.4, -0.2) is 17.7 Å². The summed E-state index contributed by atoms with van der Waals surface area (Å²) in [6.07, 6.45) is 0.916. The largest absolute Gasteiger partial charge is 0.308 e. The molecule has 1 aliphatic rings. The van der Waals surface area contributed by atoms with E-state index >= 15 is 0 Å². The molecule has 3 aromatic rings. The molecule has 0 radical (unpaired) electrons. The monoisotopic (exact) mass is 445 g/mol. The van der Waals surface area contributed by atoms with Gasteiger partial charge in [0.05, 0.1) is 5.75 Å². The molecule has 0 aromatic heterocycles. The van der Waals surface area contributed by atoms with Gasteiger partial charge in [0.15, 0.2) is 0 Å². The molecule has 0 aliphatic carbocycles. The van der Waals surface area contributed by atoms with Gasteiger partial charge in [0.25, 0.3) is 0 Å². The SMILES string of the molecule is CC1Cc2ccccc2N1C(=O)CSc1ccc(Br)c2cccc(Cl)c12. The van der Waals surface area contributed by atoms with Crippen LogP contribution in [0.3, 0.4) is 0 Å². The Morgan fingerprint density at radius 1 is 1.19 bits per heavy atom.